The summed E-state index contributed by atoms with van der Waals surface area (Å²) in [6.45, 7) is 3.47. The van der Waals surface area contributed by atoms with Crippen molar-refractivity contribution in [1.82, 2.24) is 4.90 Å². The molecule has 3 nitrogen and oxygen atoms in total. The molecule has 0 radical (unpaired) electrons. The van der Waals surface area contributed by atoms with Crippen molar-refractivity contribution in [1.29, 1.82) is 0 Å². The fourth-order valence-electron chi connectivity index (χ4n) is 3.29. The van der Waals surface area contributed by atoms with E-state index in [0.29, 0.717) is 25.9 Å². The van der Waals surface area contributed by atoms with Crippen LogP contribution >= 0.6 is 11.8 Å². The van der Waals surface area contributed by atoms with Crippen molar-refractivity contribution < 1.29 is 9.90 Å². The van der Waals surface area contributed by atoms with Crippen molar-refractivity contribution in [3.63, 3.8) is 0 Å². The second-order valence-electron chi connectivity index (χ2n) is 6.42. The van der Waals surface area contributed by atoms with Gasteiger partial charge in [-0.1, -0.05) is 37.3 Å². The first-order valence-electron chi connectivity index (χ1n) is 8.50. The smallest absolute Gasteiger partial charge is 0.254 e. The zero-order chi connectivity index (χ0) is 16.3. The van der Waals surface area contributed by atoms with Crippen LogP contribution in [0.5, 0.6) is 0 Å². The summed E-state index contributed by atoms with van der Waals surface area (Å²) in [5, 5.41) is 10.6. The lowest BCUT2D eigenvalue weighted by atomic mass is 9.93. The first kappa shape index (κ1) is 16.6. The second kappa shape index (κ2) is 7.10. The largest absolute Gasteiger partial charge is 0.380 e. The Kier molecular flexibility index (Phi) is 5.12. The van der Waals surface area contributed by atoms with Gasteiger partial charge in [0.1, 0.15) is 5.60 Å². The van der Waals surface area contributed by atoms with E-state index < -0.39 is 5.60 Å². The lowest BCUT2D eigenvalue weighted by Gasteiger charge is -2.37. The standard InChI is InChI=1S/C19H25NO2S/c1-2-15-3-5-16(6-4-15)17-7-11-20(12-8-17)18(21)19(22)9-13-23-14-10-19/h3-7,22H,2,8-14H2,1H3. The van der Waals surface area contributed by atoms with E-state index in [9.17, 15) is 9.90 Å². The molecule has 124 valence electrons. The van der Waals surface area contributed by atoms with E-state index in [1.807, 2.05) is 16.7 Å². The Morgan fingerprint density at radius 1 is 1.26 bits per heavy atom. The van der Waals surface area contributed by atoms with Crippen LogP contribution in [0.4, 0.5) is 0 Å². The topological polar surface area (TPSA) is 40.5 Å². The number of aryl methyl sites for hydroxylation is 1. The lowest BCUT2D eigenvalue weighted by molar-refractivity contribution is -0.151. The molecule has 3 rings (SSSR count). The molecule has 2 aliphatic rings. The molecule has 0 unspecified atom stereocenters. The van der Waals surface area contributed by atoms with Gasteiger partial charge in [0.05, 0.1) is 0 Å². The summed E-state index contributed by atoms with van der Waals surface area (Å²) in [6, 6.07) is 8.70. The van der Waals surface area contributed by atoms with Gasteiger partial charge in [-0.3, -0.25) is 4.79 Å². The number of nitrogens with zero attached hydrogens (tertiary/aromatic N) is 1. The van der Waals surface area contributed by atoms with Crippen molar-refractivity contribution in [2.24, 2.45) is 0 Å². The first-order chi connectivity index (χ1) is 11.1. The minimum Gasteiger partial charge on any atom is -0.380 e. The quantitative estimate of drug-likeness (QED) is 0.925. The highest BCUT2D eigenvalue weighted by molar-refractivity contribution is 7.99. The normalized spacial score (nSPS) is 21.0. The van der Waals surface area contributed by atoms with Gasteiger partial charge in [-0.15, -0.1) is 0 Å². The van der Waals surface area contributed by atoms with Crippen molar-refractivity contribution >= 4 is 23.2 Å². The van der Waals surface area contributed by atoms with Crippen LogP contribution in [0.3, 0.4) is 0 Å². The van der Waals surface area contributed by atoms with Gasteiger partial charge in [-0.05, 0) is 53.9 Å². The summed E-state index contributed by atoms with van der Waals surface area (Å²) in [4.78, 5) is 14.5. The highest BCUT2D eigenvalue weighted by Gasteiger charge is 2.40. The molecule has 1 amide bonds. The summed E-state index contributed by atoms with van der Waals surface area (Å²) in [7, 11) is 0. The number of aliphatic hydroxyl groups is 1. The molecule has 0 aliphatic carbocycles. The number of amides is 1. The summed E-state index contributed by atoms with van der Waals surface area (Å²) < 4.78 is 0. The Morgan fingerprint density at radius 2 is 1.96 bits per heavy atom. The molecule has 0 aromatic heterocycles. The Hall–Kier alpha value is -1.26. The number of hydrogen-bond donors (Lipinski definition) is 1. The number of hydrogen-bond acceptors (Lipinski definition) is 3. The van der Waals surface area contributed by atoms with Crippen molar-refractivity contribution in [3.8, 4) is 0 Å². The maximum Gasteiger partial charge on any atom is 0.254 e. The van der Waals surface area contributed by atoms with Gasteiger partial charge in [0.25, 0.3) is 5.91 Å². The number of benzene rings is 1. The number of rotatable bonds is 3. The molecular formula is C19H25NO2S. The van der Waals surface area contributed by atoms with E-state index in [0.717, 1.165) is 24.3 Å². The van der Waals surface area contributed by atoms with Crippen molar-refractivity contribution in [2.75, 3.05) is 24.6 Å². The van der Waals surface area contributed by atoms with Crippen molar-refractivity contribution in [2.45, 2.75) is 38.2 Å². The maximum absolute atomic E-state index is 12.6. The van der Waals surface area contributed by atoms with Gasteiger partial charge in [-0.2, -0.15) is 11.8 Å². The highest BCUT2D eigenvalue weighted by atomic mass is 32.2. The monoisotopic (exact) mass is 331 g/mol. The number of carbonyl (C=O) groups excluding carboxylic acids is 1. The molecule has 4 heteroatoms. The third-order valence-corrected chi connectivity index (χ3v) is 5.93. The molecule has 0 bridgehead atoms. The molecule has 0 atom stereocenters. The Morgan fingerprint density at radius 3 is 2.52 bits per heavy atom. The summed E-state index contributed by atoms with van der Waals surface area (Å²) in [5.41, 5.74) is 2.78. The van der Waals surface area contributed by atoms with Gasteiger partial charge >= 0.3 is 0 Å². The molecule has 2 heterocycles. The van der Waals surface area contributed by atoms with Crippen LogP contribution in [0.25, 0.3) is 5.57 Å². The van der Waals surface area contributed by atoms with Crippen LogP contribution in [-0.4, -0.2) is 46.1 Å². The maximum atomic E-state index is 12.6. The Labute approximate surface area is 142 Å². The van der Waals surface area contributed by atoms with Crippen molar-refractivity contribution in [3.05, 3.63) is 41.5 Å². The molecule has 1 aromatic rings. The molecule has 2 aliphatic heterocycles. The predicted molar refractivity (Wildman–Crippen MR) is 96.5 cm³/mol. The van der Waals surface area contributed by atoms with Gasteiger partial charge in [0.2, 0.25) is 0 Å². The van der Waals surface area contributed by atoms with Gasteiger partial charge in [-0.25, -0.2) is 0 Å². The molecule has 0 saturated carbocycles. The Balaban J connectivity index is 1.66. The molecule has 0 spiro atoms. The van der Waals surface area contributed by atoms with Crippen LogP contribution in [0, 0.1) is 0 Å². The van der Waals surface area contributed by atoms with Crippen LogP contribution < -0.4 is 0 Å². The zero-order valence-electron chi connectivity index (χ0n) is 13.8. The first-order valence-corrected chi connectivity index (χ1v) is 9.66. The van der Waals surface area contributed by atoms with Crippen LogP contribution in [-0.2, 0) is 11.2 Å². The molecule has 1 N–H and O–H groups in total. The van der Waals surface area contributed by atoms with Crippen LogP contribution in [0.2, 0.25) is 0 Å². The third kappa shape index (κ3) is 3.64. The highest BCUT2D eigenvalue weighted by Crippen LogP contribution is 2.30. The van der Waals surface area contributed by atoms with Crippen LogP contribution in [0.15, 0.2) is 30.3 Å². The average molecular weight is 331 g/mol. The van der Waals surface area contributed by atoms with E-state index in [4.69, 9.17) is 0 Å². The summed E-state index contributed by atoms with van der Waals surface area (Å²) in [6.07, 6.45) is 5.23. The molecule has 1 fully saturated rings. The van der Waals surface area contributed by atoms with E-state index in [1.165, 1.54) is 16.7 Å². The lowest BCUT2D eigenvalue weighted by Crippen LogP contribution is -2.52. The average Bonchev–Trinajstić information content (AvgIpc) is 2.62. The number of thioether (sulfide) groups is 1. The van der Waals surface area contributed by atoms with E-state index in [2.05, 4.69) is 37.3 Å². The number of carbonyl (C=O) groups is 1. The molecule has 1 aromatic carbocycles. The van der Waals surface area contributed by atoms with E-state index >= 15 is 0 Å². The van der Waals surface area contributed by atoms with E-state index in [1.54, 1.807) is 0 Å². The zero-order valence-corrected chi connectivity index (χ0v) is 14.6. The molecule has 23 heavy (non-hydrogen) atoms. The predicted octanol–water partition coefficient (Wildman–Crippen LogP) is 3.12. The summed E-state index contributed by atoms with van der Waals surface area (Å²) in [5.74, 6) is 1.68. The molecule has 1 saturated heterocycles. The summed E-state index contributed by atoms with van der Waals surface area (Å²) >= 11 is 1.82. The van der Waals surface area contributed by atoms with E-state index in [-0.39, 0.29) is 5.91 Å². The fourth-order valence-corrected chi connectivity index (χ4v) is 4.46. The minimum absolute atomic E-state index is 0.0746. The van der Waals surface area contributed by atoms with Crippen LogP contribution in [0.1, 0.15) is 37.3 Å². The minimum atomic E-state index is -1.13. The SMILES string of the molecule is CCc1ccc(C2=CCN(C(=O)C3(O)CCSCC3)CC2)cc1. The Bertz CT molecular complexity index is 588. The third-order valence-electron chi connectivity index (χ3n) is 4.95. The molecular weight excluding hydrogens is 306 g/mol. The fraction of sp³-hybridized carbons (Fsp3) is 0.526. The second-order valence-corrected chi connectivity index (χ2v) is 7.65. The van der Waals surface area contributed by atoms with Gasteiger partial charge in [0, 0.05) is 13.1 Å². The van der Waals surface area contributed by atoms with Gasteiger partial charge < -0.3 is 10.0 Å². The van der Waals surface area contributed by atoms with Gasteiger partial charge in [0.15, 0.2) is 0 Å².